The Labute approximate surface area is 83.1 Å². The maximum Gasteiger partial charge on any atom is 0.357 e. The van der Waals surface area contributed by atoms with E-state index in [9.17, 15) is 4.21 Å². The SMILES string of the molecule is Cc1c(N)cc(OS(=O)O)cc1Cl. The molecule has 1 atom stereocenters. The van der Waals surface area contributed by atoms with Crippen LogP contribution in [-0.4, -0.2) is 8.76 Å². The normalized spacial score (nSPS) is 12.5. The highest BCUT2D eigenvalue weighted by molar-refractivity contribution is 7.74. The zero-order chi connectivity index (χ0) is 10.0. The van der Waals surface area contributed by atoms with Crippen molar-refractivity contribution < 1.29 is 12.9 Å². The molecule has 0 aromatic heterocycles. The minimum Gasteiger partial charge on any atom is -0.398 e. The first kappa shape index (κ1) is 10.3. The summed E-state index contributed by atoms with van der Waals surface area (Å²) in [5.74, 6) is 0.175. The summed E-state index contributed by atoms with van der Waals surface area (Å²) in [5.41, 5.74) is 6.70. The number of hydrogen-bond acceptors (Lipinski definition) is 3. The van der Waals surface area contributed by atoms with Crippen LogP contribution in [-0.2, 0) is 11.4 Å². The molecule has 3 N–H and O–H groups in total. The Morgan fingerprint density at radius 3 is 2.69 bits per heavy atom. The third kappa shape index (κ3) is 2.58. The predicted octanol–water partition coefficient (Wildman–Crippen LogP) is 1.75. The van der Waals surface area contributed by atoms with Crippen LogP contribution in [0.5, 0.6) is 5.75 Å². The van der Waals surface area contributed by atoms with E-state index in [0.717, 1.165) is 5.56 Å². The van der Waals surface area contributed by atoms with Gasteiger partial charge in [0.05, 0.1) is 0 Å². The fourth-order valence-corrected chi connectivity index (χ4v) is 1.28. The van der Waals surface area contributed by atoms with E-state index < -0.39 is 11.4 Å². The number of hydrogen-bond donors (Lipinski definition) is 2. The predicted molar refractivity (Wildman–Crippen MR) is 52.0 cm³/mol. The number of rotatable bonds is 2. The number of anilines is 1. The molecule has 6 heteroatoms. The van der Waals surface area contributed by atoms with Crippen LogP contribution in [0.15, 0.2) is 12.1 Å². The molecule has 0 saturated heterocycles. The summed E-state index contributed by atoms with van der Waals surface area (Å²) in [6, 6.07) is 2.87. The topological polar surface area (TPSA) is 72.5 Å². The summed E-state index contributed by atoms with van der Waals surface area (Å²) in [6.07, 6.45) is 0. The standard InChI is InChI=1S/C7H8ClNO3S/c1-4-6(8)2-5(3-7(4)9)12-13(10)11/h2-3H,9H2,1H3,(H,10,11). The zero-order valence-electron chi connectivity index (χ0n) is 6.78. The fourth-order valence-electron chi connectivity index (χ4n) is 0.805. The Hall–Kier alpha value is -0.780. The summed E-state index contributed by atoms with van der Waals surface area (Å²) >= 11 is 3.41. The van der Waals surface area contributed by atoms with Crippen LogP contribution >= 0.6 is 11.6 Å². The minimum atomic E-state index is -2.35. The van der Waals surface area contributed by atoms with Crippen LogP contribution < -0.4 is 9.92 Å². The number of nitrogens with two attached hydrogens (primary N) is 1. The lowest BCUT2D eigenvalue weighted by atomic mass is 10.2. The molecule has 13 heavy (non-hydrogen) atoms. The molecule has 0 amide bonds. The third-order valence-electron chi connectivity index (χ3n) is 1.53. The van der Waals surface area contributed by atoms with Gasteiger partial charge in [-0.3, -0.25) is 4.55 Å². The van der Waals surface area contributed by atoms with E-state index in [-0.39, 0.29) is 5.75 Å². The van der Waals surface area contributed by atoms with Gasteiger partial charge in [-0.1, -0.05) is 11.6 Å². The van der Waals surface area contributed by atoms with Crippen molar-refractivity contribution in [3.63, 3.8) is 0 Å². The molecule has 1 unspecified atom stereocenters. The summed E-state index contributed by atoms with van der Waals surface area (Å²) in [6.45, 7) is 1.75. The van der Waals surface area contributed by atoms with Gasteiger partial charge in [0.15, 0.2) is 0 Å². The molecule has 0 aliphatic carbocycles. The molecule has 1 rings (SSSR count). The Morgan fingerprint density at radius 2 is 2.23 bits per heavy atom. The summed E-state index contributed by atoms with van der Waals surface area (Å²) in [7, 11) is 0. The second kappa shape index (κ2) is 3.95. The van der Waals surface area contributed by atoms with Crippen LogP contribution in [0.3, 0.4) is 0 Å². The van der Waals surface area contributed by atoms with Crippen molar-refractivity contribution in [3.05, 3.63) is 22.7 Å². The van der Waals surface area contributed by atoms with Crippen molar-refractivity contribution in [3.8, 4) is 5.75 Å². The molecule has 0 fully saturated rings. The van der Waals surface area contributed by atoms with Crippen LogP contribution in [0.4, 0.5) is 5.69 Å². The van der Waals surface area contributed by atoms with Gasteiger partial charge in [0.1, 0.15) is 5.75 Å². The molecule has 0 aliphatic heterocycles. The molecule has 1 aromatic carbocycles. The smallest absolute Gasteiger partial charge is 0.357 e. The molecular formula is C7H8ClNO3S. The monoisotopic (exact) mass is 221 g/mol. The number of benzene rings is 1. The van der Waals surface area contributed by atoms with E-state index in [4.69, 9.17) is 21.9 Å². The van der Waals surface area contributed by atoms with E-state index in [1.165, 1.54) is 12.1 Å². The summed E-state index contributed by atoms with van der Waals surface area (Å²) in [4.78, 5) is 0. The summed E-state index contributed by atoms with van der Waals surface area (Å²) < 4.78 is 23.2. The molecule has 0 heterocycles. The molecule has 0 bridgehead atoms. The van der Waals surface area contributed by atoms with Gasteiger partial charge in [0.25, 0.3) is 0 Å². The lowest BCUT2D eigenvalue weighted by Gasteiger charge is -2.05. The largest absolute Gasteiger partial charge is 0.398 e. The highest BCUT2D eigenvalue weighted by Gasteiger charge is 2.05. The first-order valence-corrected chi connectivity index (χ1v) is 4.76. The maximum absolute atomic E-state index is 10.3. The minimum absolute atomic E-state index is 0.175. The molecule has 4 nitrogen and oxygen atoms in total. The zero-order valence-corrected chi connectivity index (χ0v) is 8.35. The van der Waals surface area contributed by atoms with Gasteiger partial charge < -0.3 is 9.92 Å². The van der Waals surface area contributed by atoms with Crippen LogP contribution in [0.1, 0.15) is 5.56 Å². The second-order valence-electron chi connectivity index (χ2n) is 2.42. The fraction of sp³-hybridized carbons (Fsp3) is 0.143. The average Bonchev–Trinajstić information content (AvgIpc) is 1.98. The maximum atomic E-state index is 10.3. The second-order valence-corrected chi connectivity index (χ2v) is 3.43. The lowest BCUT2D eigenvalue weighted by molar-refractivity contribution is 0.458. The first-order valence-electron chi connectivity index (χ1n) is 3.35. The van der Waals surface area contributed by atoms with Crippen molar-refractivity contribution in [1.82, 2.24) is 0 Å². The van der Waals surface area contributed by atoms with Gasteiger partial charge in [-0.15, -0.1) is 0 Å². The molecule has 1 aromatic rings. The number of nitrogen functional groups attached to an aromatic ring is 1. The van der Waals surface area contributed by atoms with Crippen molar-refractivity contribution >= 4 is 28.6 Å². The van der Waals surface area contributed by atoms with Gasteiger partial charge in [0, 0.05) is 22.8 Å². The molecule has 0 aliphatic rings. The van der Waals surface area contributed by atoms with E-state index >= 15 is 0 Å². The van der Waals surface area contributed by atoms with Crippen molar-refractivity contribution in [2.24, 2.45) is 0 Å². The van der Waals surface area contributed by atoms with E-state index in [2.05, 4.69) is 4.18 Å². The van der Waals surface area contributed by atoms with Gasteiger partial charge >= 0.3 is 11.4 Å². The average molecular weight is 222 g/mol. The van der Waals surface area contributed by atoms with Gasteiger partial charge in [-0.05, 0) is 12.5 Å². The Morgan fingerprint density at radius 1 is 1.62 bits per heavy atom. The third-order valence-corrected chi connectivity index (χ3v) is 2.25. The summed E-state index contributed by atoms with van der Waals surface area (Å²) in [5, 5.41) is 0.403. The Bertz CT molecular complexity index is 333. The van der Waals surface area contributed by atoms with E-state index in [0.29, 0.717) is 10.7 Å². The van der Waals surface area contributed by atoms with Crippen molar-refractivity contribution in [2.75, 3.05) is 5.73 Å². The highest BCUT2D eigenvalue weighted by atomic mass is 35.5. The Kier molecular flexibility index (Phi) is 3.13. The van der Waals surface area contributed by atoms with Gasteiger partial charge in [0.2, 0.25) is 0 Å². The van der Waals surface area contributed by atoms with Crippen molar-refractivity contribution in [1.29, 1.82) is 0 Å². The van der Waals surface area contributed by atoms with E-state index in [1.807, 2.05) is 0 Å². The highest BCUT2D eigenvalue weighted by Crippen LogP contribution is 2.27. The Balaban J connectivity index is 3.06. The van der Waals surface area contributed by atoms with Crippen LogP contribution in [0.2, 0.25) is 5.02 Å². The quantitative estimate of drug-likeness (QED) is 0.590. The number of halogens is 1. The van der Waals surface area contributed by atoms with E-state index in [1.54, 1.807) is 6.92 Å². The van der Waals surface area contributed by atoms with Crippen molar-refractivity contribution in [2.45, 2.75) is 6.92 Å². The lowest BCUT2D eigenvalue weighted by Crippen LogP contribution is -1.99. The van der Waals surface area contributed by atoms with Gasteiger partial charge in [-0.2, -0.15) is 4.21 Å². The molecule has 0 spiro atoms. The first-order chi connectivity index (χ1) is 6.00. The van der Waals surface area contributed by atoms with Crippen LogP contribution in [0.25, 0.3) is 0 Å². The molecule has 0 saturated carbocycles. The molecule has 72 valence electrons. The van der Waals surface area contributed by atoms with Crippen LogP contribution in [0, 0.1) is 6.92 Å². The molecular weight excluding hydrogens is 214 g/mol. The molecule has 0 radical (unpaired) electrons. The van der Waals surface area contributed by atoms with Gasteiger partial charge in [-0.25, -0.2) is 0 Å².